The van der Waals surface area contributed by atoms with Gasteiger partial charge in [-0.25, -0.2) is 17.6 Å². The van der Waals surface area contributed by atoms with Crippen LogP contribution >= 0.6 is 0 Å². The van der Waals surface area contributed by atoms with Crippen molar-refractivity contribution in [1.29, 1.82) is 0 Å². The normalized spacial score (nSPS) is 43.5. The van der Waals surface area contributed by atoms with Gasteiger partial charge in [0.1, 0.15) is 6.17 Å². The standard InChI is InChI=1S/C4H4F4/c5-2-1-4(7,8)3(2)6/h2-3H,1H2. The SMILES string of the molecule is FC1CC(F)(F)C1F. The van der Waals surface area contributed by atoms with Crippen molar-refractivity contribution in [1.82, 2.24) is 0 Å². The minimum absolute atomic E-state index is 0.950. The summed E-state index contributed by atoms with van der Waals surface area (Å²) in [7, 11) is 0. The van der Waals surface area contributed by atoms with Crippen LogP contribution in [0.3, 0.4) is 0 Å². The van der Waals surface area contributed by atoms with Gasteiger partial charge in [0.25, 0.3) is 5.92 Å². The van der Waals surface area contributed by atoms with E-state index in [4.69, 9.17) is 0 Å². The minimum Gasteiger partial charge on any atom is -0.244 e. The van der Waals surface area contributed by atoms with Gasteiger partial charge in [-0.1, -0.05) is 0 Å². The van der Waals surface area contributed by atoms with E-state index in [9.17, 15) is 17.6 Å². The number of hydrogen-bond donors (Lipinski definition) is 0. The van der Waals surface area contributed by atoms with Gasteiger partial charge in [-0.3, -0.25) is 0 Å². The largest absolute Gasteiger partial charge is 0.284 e. The molecular formula is C4H4F4. The number of halogens is 4. The summed E-state index contributed by atoms with van der Waals surface area (Å²) in [5.74, 6) is -3.39. The zero-order chi connectivity index (χ0) is 6.36. The topological polar surface area (TPSA) is 0 Å². The fraction of sp³-hybridized carbons (Fsp3) is 1.00. The maximum Gasteiger partial charge on any atom is 0.284 e. The summed E-state index contributed by atoms with van der Waals surface area (Å²) in [6.45, 7) is 0. The van der Waals surface area contributed by atoms with E-state index in [0.29, 0.717) is 0 Å². The summed E-state index contributed by atoms with van der Waals surface area (Å²) in [6.07, 6.45) is -5.44. The van der Waals surface area contributed by atoms with Crippen molar-refractivity contribution in [2.45, 2.75) is 24.7 Å². The van der Waals surface area contributed by atoms with Crippen molar-refractivity contribution in [2.75, 3.05) is 0 Å². The molecule has 0 radical (unpaired) electrons. The third-order valence-corrected chi connectivity index (χ3v) is 1.19. The highest BCUT2D eigenvalue weighted by molar-refractivity contribution is 4.96. The van der Waals surface area contributed by atoms with E-state index in [1.807, 2.05) is 0 Å². The minimum atomic E-state index is -3.39. The van der Waals surface area contributed by atoms with E-state index < -0.39 is 24.7 Å². The molecule has 0 aromatic heterocycles. The fourth-order valence-electron chi connectivity index (χ4n) is 0.580. The molecule has 0 bridgehead atoms. The van der Waals surface area contributed by atoms with E-state index in [1.54, 1.807) is 0 Å². The van der Waals surface area contributed by atoms with Crippen LogP contribution in [0.15, 0.2) is 0 Å². The molecule has 4 heteroatoms. The second-order valence-electron chi connectivity index (χ2n) is 1.88. The third kappa shape index (κ3) is 0.588. The van der Waals surface area contributed by atoms with Gasteiger partial charge in [-0.05, 0) is 0 Å². The number of hydrogen-bond acceptors (Lipinski definition) is 0. The lowest BCUT2D eigenvalue weighted by molar-refractivity contribution is -0.186. The number of alkyl halides is 4. The van der Waals surface area contributed by atoms with Gasteiger partial charge in [0.05, 0.1) is 0 Å². The lowest BCUT2D eigenvalue weighted by atomic mass is 9.90. The zero-order valence-electron chi connectivity index (χ0n) is 3.87. The van der Waals surface area contributed by atoms with Crippen molar-refractivity contribution >= 4 is 0 Å². The molecule has 1 aliphatic rings. The van der Waals surface area contributed by atoms with Crippen LogP contribution in [0.25, 0.3) is 0 Å². The molecule has 8 heavy (non-hydrogen) atoms. The van der Waals surface area contributed by atoms with E-state index in [0.717, 1.165) is 0 Å². The van der Waals surface area contributed by atoms with Gasteiger partial charge >= 0.3 is 0 Å². The van der Waals surface area contributed by atoms with Crippen molar-refractivity contribution in [2.24, 2.45) is 0 Å². The Hall–Kier alpha value is -0.280. The summed E-state index contributed by atoms with van der Waals surface area (Å²) < 4.78 is 46.2. The first kappa shape index (κ1) is 5.85. The van der Waals surface area contributed by atoms with Crippen LogP contribution in [-0.2, 0) is 0 Å². The predicted molar refractivity (Wildman–Crippen MR) is 19.4 cm³/mol. The Kier molecular flexibility index (Phi) is 0.994. The van der Waals surface area contributed by atoms with Gasteiger partial charge in [0, 0.05) is 6.42 Å². The van der Waals surface area contributed by atoms with E-state index >= 15 is 0 Å². The van der Waals surface area contributed by atoms with Gasteiger partial charge in [0.15, 0.2) is 6.17 Å². The molecule has 1 fully saturated rings. The maximum absolute atomic E-state index is 11.6. The molecule has 0 nitrogen and oxygen atoms in total. The van der Waals surface area contributed by atoms with E-state index in [2.05, 4.69) is 0 Å². The molecule has 48 valence electrons. The van der Waals surface area contributed by atoms with Gasteiger partial charge < -0.3 is 0 Å². The first-order valence-electron chi connectivity index (χ1n) is 2.20. The quantitative estimate of drug-likeness (QED) is 0.435. The second kappa shape index (κ2) is 1.36. The highest BCUT2D eigenvalue weighted by Gasteiger charge is 2.57. The fourth-order valence-corrected chi connectivity index (χ4v) is 0.580. The summed E-state index contributed by atoms with van der Waals surface area (Å²) in [6, 6.07) is 0. The molecular weight excluding hydrogens is 124 g/mol. The van der Waals surface area contributed by atoms with Crippen LogP contribution in [0.2, 0.25) is 0 Å². The summed E-state index contributed by atoms with van der Waals surface area (Å²) >= 11 is 0. The first-order valence-corrected chi connectivity index (χ1v) is 2.20. The molecule has 2 unspecified atom stereocenters. The lowest BCUT2D eigenvalue weighted by Gasteiger charge is -2.33. The van der Waals surface area contributed by atoms with Crippen molar-refractivity contribution in [3.05, 3.63) is 0 Å². The third-order valence-electron chi connectivity index (χ3n) is 1.19. The average molecular weight is 128 g/mol. The molecule has 1 aliphatic carbocycles. The zero-order valence-corrected chi connectivity index (χ0v) is 3.87. The van der Waals surface area contributed by atoms with Crippen LogP contribution in [0.1, 0.15) is 6.42 Å². The van der Waals surface area contributed by atoms with Gasteiger partial charge in [-0.2, -0.15) is 0 Å². The molecule has 0 heterocycles. The summed E-state index contributed by atoms with van der Waals surface area (Å²) in [5.41, 5.74) is 0. The first-order chi connectivity index (χ1) is 3.54. The van der Waals surface area contributed by atoms with Crippen LogP contribution in [0, 0.1) is 0 Å². The lowest BCUT2D eigenvalue weighted by Crippen LogP contribution is -2.51. The maximum atomic E-state index is 11.6. The molecule has 1 rings (SSSR count). The number of rotatable bonds is 0. The van der Waals surface area contributed by atoms with Crippen LogP contribution in [0.4, 0.5) is 17.6 Å². The monoisotopic (exact) mass is 128 g/mol. The summed E-state index contributed by atoms with van der Waals surface area (Å²) in [4.78, 5) is 0. The molecule has 0 aliphatic heterocycles. The molecule has 0 spiro atoms. The highest BCUT2D eigenvalue weighted by atomic mass is 19.3. The highest BCUT2D eigenvalue weighted by Crippen LogP contribution is 2.41. The summed E-state index contributed by atoms with van der Waals surface area (Å²) in [5, 5.41) is 0. The molecule has 1 saturated carbocycles. The molecule has 2 atom stereocenters. The Bertz CT molecular complexity index is 100. The molecule has 0 aromatic carbocycles. The van der Waals surface area contributed by atoms with Gasteiger partial charge in [-0.15, -0.1) is 0 Å². The van der Waals surface area contributed by atoms with Gasteiger partial charge in [0.2, 0.25) is 0 Å². The molecule has 0 aromatic rings. The van der Waals surface area contributed by atoms with Crippen LogP contribution < -0.4 is 0 Å². The molecule has 0 N–H and O–H groups in total. The Morgan fingerprint density at radius 1 is 1.25 bits per heavy atom. The Morgan fingerprint density at radius 3 is 1.75 bits per heavy atom. The van der Waals surface area contributed by atoms with Crippen LogP contribution in [0.5, 0.6) is 0 Å². The van der Waals surface area contributed by atoms with Crippen molar-refractivity contribution in [3.8, 4) is 0 Å². The Labute approximate surface area is 43.5 Å². The second-order valence-corrected chi connectivity index (χ2v) is 1.88. The van der Waals surface area contributed by atoms with E-state index in [1.165, 1.54) is 0 Å². The van der Waals surface area contributed by atoms with E-state index in [-0.39, 0.29) is 0 Å². The average Bonchev–Trinajstić information content (AvgIpc) is 1.65. The molecule has 0 saturated heterocycles. The Morgan fingerprint density at radius 2 is 1.75 bits per heavy atom. The predicted octanol–water partition coefficient (Wildman–Crippen LogP) is 1.70. The molecule has 0 amide bonds. The smallest absolute Gasteiger partial charge is 0.244 e. The Balaban J connectivity index is 2.47. The van der Waals surface area contributed by atoms with Crippen molar-refractivity contribution < 1.29 is 17.6 Å². The van der Waals surface area contributed by atoms with Crippen molar-refractivity contribution in [3.63, 3.8) is 0 Å². The van der Waals surface area contributed by atoms with Crippen LogP contribution in [-0.4, -0.2) is 18.3 Å².